The summed E-state index contributed by atoms with van der Waals surface area (Å²) in [5.74, 6) is -0.141. The zero-order chi connectivity index (χ0) is 21.8. The highest BCUT2D eigenvalue weighted by Gasteiger charge is 2.27. The van der Waals surface area contributed by atoms with Gasteiger partial charge in [-0.15, -0.1) is 0 Å². The molecule has 31 heavy (non-hydrogen) atoms. The summed E-state index contributed by atoms with van der Waals surface area (Å²) < 4.78 is 27.4. The largest absolute Gasteiger partial charge is 0.325 e. The molecule has 0 radical (unpaired) electrons. The van der Waals surface area contributed by atoms with Crippen molar-refractivity contribution in [1.82, 2.24) is 9.21 Å². The molecule has 1 aliphatic carbocycles. The van der Waals surface area contributed by atoms with Crippen molar-refractivity contribution in [3.63, 3.8) is 0 Å². The van der Waals surface area contributed by atoms with Crippen LogP contribution in [0.3, 0.4) is 0 Å². The van der Waals surface area contributed by atoms with E-state index in [0.29, 0.717) is 18.8 Å². The van der Waals surface area contributed by atoms with E-state index in [1.807, 2.05) is 7.05 Å². The number of carbonyl (C=O) groups is 1. The van der Waals surface area contributed by atoms with Crippen LogP contribution in [0.15, 0.2) is 53.4 Å². The standard InChI is InChI=1S/C24H31N3O3S/c1-26(23-14-7-10-19-9-3-4-13-22(19)23)18-24(28)25-20-11-8-12-21(17-20)31(29,30)27-15-5-2-6-16-27/h3-4,8-9,11-13,17,23H,2,5-7,10,14-16,18H2,1H3,(H,25,28). The molecule has 1 saturated heterocycles. The van der Waals surface area contributed by atoms with Crippen LogP contribution in [0.1, 0.15) is 49.3 Å². The minimum atomic E-state index is -3.52. The maximum Gasteiger partial charge on any atom is 0.243 e. The molecule has 6 nitrogen and oxygen atoms in total. The van der Waals surface area contributed by atoms with Gasteiger partial charge in [-0.2, -0.15) is 4.31 Å². The van der Waals surface area contributed by atoms with Gasteiger partial charge in [-0.05, 0) is 68.5 Å². The van der Waals surface area contributed by atoms with E-state index in [4.69, 9.17) is 0 Å². The van der Waals surface area contributed by atoms with Crippen LogP contribution in [0, 0.1) is 0 Å². The first kappa shape index (κ1) is 22.0. The third kappa shape index (κ3) is 5.00. The van der Waals surface area contributed by atoms with E-state index in [2.05, 4.69) is 34.5 Å². The first-order valence-electron chi connectivity index (χ1n) is 11.1. The lowest BCUT2D eigenvalue weighted by Gasteiger charge is -2.32. The van der Waals surface area contributed by atoms with Crippen molar-refractivity contribution in [2.45, 2.75) is 49.5 Å². The van der Waals surface area contributed by atoms with Gasteiger partial charge in [0.1, 0.15) is 0 Å². The summed E-state index contributed by atoms with van der Waals surface area (Å²) in [4.78, 5) is 15.1. The Morgan fingerprint density at radius 3 is 2.65 bits per heavy atom. The van der Waals surface area contributed by atoms with Gasteiger partial charge in [-0.3, -0.25) is 9.69 Å². The molecule has 4 rings (SSSR count). The molecule has 1 atom stereocenters. The number of nitrogens with zero attached hydrogens (tertiary/aromatic N) is 2. The molecule has 1 amide bonds. The second kappa shape index (κ2) is 9.51. The monoisotopic (exact) mass is 441 g/mol. The number of piperidine rings is 1. The predicted molar refractivity (Wildman–Crippen MR) is 122 cm³/mol. The van der Waals surface area contributed by atoms with Crippen LogP contribution in [0.4, 0.5) is 5.69 Å². The number of rotatable bonds is 6. The predicted octanol–water partition coefficient (Wildman–Crippen LogP) is 3.81. The number of benzene rings is 2. The van der Waals surface area contributed by atoms with Crippen molar-refractivity contribution in [3.05, 3.63) is 59.7 Å². The molecule has 1 fully saturated rings. The van der Waals surface area contributed by atoms with Crippen molar-refractivity contribution in [1.29, 1.82) is 0 Å². The van der Waals surface area contributed by atoms with Gasteiger partial charge in [0.05, 0.1) is 11.4 Å². The van der Waals surface area contributed by atoms with Crippen LogP contribution in [0.2, 0.25) is 0 Å². The molecule has 0 aromatic heterocycles. The Hall–Kier alpha value is -2.22. The van der Waals surface area contributed by atoms with Gasteiger partial charge in [0.15, 0.2) is 0 Å². The normalized spacial score (nSPS) is 19.7. The molecule has 7 heteroatoms. The van der Waals surface area contributed by atoms with Gasteiger partial charge in [0.2, 0.25) is 15.9 Å². The highest BCUT2D eigenvalue weighted by molar-refractivity contribution is 7.89. The molecule has 1 unspecified atom stereocenters. The van der Waals surface area contributed by atoms with Gasteiger partial charge in [0.25, 0.3) is 0 Å². The molecule has 0 bridgehead atoms. The zero-order valence-corrected chi connectivity index (χ0v) is 18.9. The highest BCUT2D eigenvalue weighted by Crippen LogP contribution is 2.33. The number of anilines is 1. The minimum absolute atomic E-state index is 0.141. The van der Waals surface area contributed by atoms with Gasteiger partial charge in [-0.25, -0.2) is 8.42 Å². The molecule has 0 saturated carbocycles. The van der Waals surface area contributed by atoms with Crippen molar-refractivity contribution in [2.24, 2.45) is 0 Å². The Morgan fingerprint density at radius 1 is 1.06 bits per heavy atom. The highest BCUT2D eigenvalue weighted by atomic mass is 32.2. The molecule has 1 aliphatic heterocycles. The van der Waals surface area contributed by atoms with Crippen LogP contribution in [-0.2, 0) is 21.2 Å². The molecule has 1 heterocycles. The summed E-state index contributed by atoms with van der Waals surface area (Å²) in [6, 6.07) is 15.3. The van der Waals surface area contributed by atoms with Gasteiger partial charge < -0.3 is 5.32 Å². The topological polar surface area (TPSA) is 69.7 Å². The SMILES string of the molecule is CN(CC(=O)Nc1cccc(S(=O)(=O)N2CCCCC2)c1)C1CCCc2ccccc21. The molecule has 0 spiro atoms. The lowest BCUT2D eigenvalue weighted by Crippen LogP contribution is -2.36. The summed E-state index contributed by atoms with van der Waals surface area (Å²) in [6.07, 6.45) is 6.10. The summed E-state index contributed by atoms with van der Waals surface area (Å²) in [7, 11) is -1.55. The summed E-state index contributed by atoms with van der Waals surface area (Å²) in [5.41, 5.74) is 3.18. The fourth-order valence-corrected chi connectivity index (χ4v) is 6.28. The number of nitrogens with one attached hydrogen (secondary N) is 1. The molecule has 1 N–H and O–H groups in total. The number of aryl methyl sites for hydroxylation is 1. The number of hydrogen-bond donors (Lipinski definition) is 1. The summed E-state index contributed by atoms with van der Waals surface area (Å²) in [5, 5.41) is 2.89. The zero-order valence-electron chi connectivity index (χ0n) is 18.1. The van der Waals surface area contributed by atoms with Gasteiger partial charge in [-0.1, -0.05) is 36.8 Å². The van der Waals surface area contributed by atoms with Gasteiger partial charge >= 0.3 is 0 Å². The van der Waals surface area contributed by atoms with Crippen molar-refractivity contribution in [2.75, 3.05) is 32.0 Å². The van der Waals surface area contributed by atoms with Crippen LogP contribution < -0.4 is 5.32 Å². The maximum absolute atomic E-state index is 12.9. The molecule has 2 aliphatic rings. The number of carbonyl (C=O) groups excluding carboxylic acids is 1. The minimum Gasteiger partial charge on any atom is -0.325 e. The van der Waals surface area contributed by atoms with Crippen LogP contribution in [0.5, 0.6) is 0 Å². The smallest absolute Gasteiger partial charge is 0.243 e. The number of likely N-dealkylation sites (N-methyl/N-ethyl adjacent to an activating group) is 1. The number of hydrogen-bond acceptors (Lipinski definition) is 4. The molecule has 2 aromatic carbocycles. The van der Waals surface area contributed by atoms with Crippen molar-refractivity contribution in [3.8, 4) is 0 Å². The van der Waals surface area contributed by atoms with E-state index < -0.39 is 10.0 Å². The second-order valence-corrected chi connectivity index (χ2v) is 10.5. The summed E-state index contributed by atoms with van der Waals surface area (Å²) in [6.45, 7) is 1.38. The van der Waals surface area contributed by atoms with E-state index >= 15 is 0 Å². The Balaban J connectivity index is 1.42. The quantitative estimate of drug-likeness (QED) is 0.740. The van der Waals surface area contributed by atoms with Crippen LogP contribution in [-0.4, -0.2) is 50.2 Å². The van der Waals surface area contributed by atoms with E-state index in [-0.39, 0.29) is 23.4 Å². The molecule has 166 valence electrons. The van der Waals surface area contributed by atoms with Crippen LogP contribution in [0.25, 0.3) is 0 Å². The number of fused-ring (bicyclic) bond motifs is 1. The average Bonchev–Trinajstić information content (AvgIpc) is 2.79. The fourth-order valence-electron chi connectivity index (χ4n) is 4.71. The van der Waals surface area contributed by atoms with E-state index in [1.54, 1.807) is 28.6 Å². The van der Waals surface area contributed by atoms with Gasteiger partial charge in [0, 0.05) is 24.8 Å². The first-order valence-corrected chi connectivity index (χ1v) is 12.6. The number of amides is 1. The Kier molecular flexibility index (Phi) is 6.74. The molecular formula is C24H31N3O3S. The average molecular weight is 442 g/mol. The lowest BCUT2D eigenvalue weighted by molar-refractivity contribution is -0.117. The number of sulfonamides is 1. The Labute approximate surface area is 185 Å². The molecule has 2 aromatic rings. The van der Waals surface area contributed by atoms with E-state index in [9.17, 15) is 13.2 Å². The molecular weight excluding hydrogens is 410 g/mol. The Morgan fingerprint density at radius 2 is 1.84 bits per heavy atom. The van der Waals surface area contributed by atoms with E-state index in [0.717, 1.165) is 38.5 Å². The third-order valence-corrected chi connectivity index (χ3v) is 8.23. The third-order valence-electron chi connectivity index (χ3n) is 6.33. The van der Waals surface area contributed by atoms with E-state index in [1.165, 1.54) is 11.1 Å². The van der Waals surface area contributed by atoms with Crippen LogP contribution >= 0.6 is 0 Å². The second-order valence-electron chi connectivity index (χ2n) is 8.56. The van der Waals surface area contributed by atoms with Crippen molar-refractivity contribution >= 4 is 21.6 Å². The van der Waals surface area contributed by atoms with Crippen molar-refractivity contribution < 1.29 is 13.2 Å². The first-order chi connectivity index (χ1) is 14.9. The fraction of sp³-hybridized carbons (Fsp3) is 0.458. The maximum atomic E-state index is 12.9. The Bertz CT molecular complexity index is 1030. The summed E-state index contributed by atoms with van der Waals surface area (Å²) >= 11 is 0. The lowest BCUT2D eigenvalue weighted by atomic mass is 9.87.